The Kier molecular flexibility index (Phi) is 4.98. The molecule has 2 heterocycles. The first-order valence-corrected chi connectivity index (χ1v) is 8.24. The Morgan fingerprint density at radius 2 is 1.82 bits per heavy atom. The minimum absolute atomic E-state index is 0.0705. The highest BCUT2D eigenvalue weighted by Gasteiger charge is 2.35. The van der Waals surface area contributed by atoms with Crippen LogP contribution in [0.2, 0.25) is 0 Å². The molecule has 0 aliphatic carbocycles. The van der Waals surface area contributed by atoms with Crippen molar-refractivity contribution in [1.29, 1.82) is 0 Å². The highest BCUT2D eigenvalue weighted by atomic mass is 16.6. The first-order chi connectivity index (χ1) is 13.3. The molecule has 0 fully saturated rings. The van der Waals surface area contributed by atoms with Crippen LogP contribution in [-0.4, -0.2) is 49.6 Å². The van der Waals surface area contributed by atoms with E-state index in [9.17, 15) is 24.5 Å². The van der Waals surface area contributed by atoms with Crippen molar-refractivity contribution in [1.82, 2.24) is 20.1 Å². The zero-order chi connectivity index (χ0) is 20.4. The summed E-state index contributed by atoms with van der Waals surface area (Å²) in [4.78, 5) is 47.7. The van der Waals surface area contributed by atoms with E-state index >= 15 is 0 Å². The maximum Gasteiger partial charge on any atom is 0.390 e. The molecule has 1 aromatic heterocycles. The second-order valence-electron chi connectivity index (χ2n) is 6.18. The molecule has 0 unspecified atom stereocenters. The van der Waals surface area contributed by atoms with Gasteiger partial charge in [0.1, 0.15) is 6.54 Å². The number of nitrogens with zero attached hydrogens (tertiary/aromatic N) is 5. The summed E-state index contributed by atoms with van der Waals surface area (Å²) in [7, 11) is 0. The highest BCUT2D eigenvalue weighted by molar-refractivity contribution is 6.22. The molecule has 144 valence electrons. The van der Waals surface area contributed by atoms with E-state index in [0.29, 0.717) is 22.5 Å². The lowest BCUT2D eigenvalue weighted by Gasteiger charge is -2.13. The van der Waals surface area contributed by atoms with E-state index in [-0.39, 0.29) is 18.9 Å². The molecule has 3 rings (SSSR count). The number of nitrogens with one attached hydrogen (secondary N) is 1. The van der Waals surface area contributed by atoms with E-state index in [1.54, 1.807) is 38.1 Å². The fourth-order valence-electron chi connectivity index (χ4n) is 2.72. The molecule has 28 heavy (non-hydrogen) atoms. The Labute approximate surface area is 158 Å². The van der Waals surface area contributed by atoms with Gasteiger partial charge in [0.2, 0.25) is 0 Å². The lowest BCUT2D eigenvalue weighted by molar-refractivity contribution is -0.389. The highest BCUT2D eigenvalue weighted by Crippen LogP contribution is 2.22. The SMILES string of the molecule is CC(CN1C(=O)c2ccccc2C1=O)=NNC(=O)Cn1nc([N+](=O)[O-])cc1C. The number of carbonyl (C=O) groups is 3. The molecule has 3 amide bonds. The van der Waals surface area contributed by atoms with Gasteiger partial charge in [-0.15, -0.1) is 0 Å². The third kappa shape index (κ3) is 3.63. The Balaban J connectivity index is 1.61. The molecular weight excluding hydrogens is 368 g/mol. The van der Waals surface area contributed by atoms with Crippen LogP contribution in [-0.2, 0) is 11.3 Å². The van der Waals surface area contributed by atoms with Crippen molar-refractivity contribution in [3.05, 3.63) is 57.3 Å². The van der Waals surface area contributed by atoms with Crippen molar-refractivity contribution in [3.63, 3.8) is 0 Å². The van der Waals surface area contributed by atoms with Crippen LogP contribution < -0.4 is 5.43 Å². The predicted octanol–water partition coefficient (Wildman–Crippen LogP) is 0.888. The number of hydrogen-bond donors (Lipinski definition) is 1. The van der Waals surface area contributed by atoms with Crippen LogP contribution in [0, 0.1) is 17.0 Å². The monoisotopic (exact) mass is 384 g/mol. The van der Waals surface area contributed by atoms with E-state index < -0.39 is 22.6 Å². The zero-order valence-corrected chi connectivity index (χ0v) is 15.1. The normalized spacial score (nSPS) is 13.6. The molecule has 0 atom stereocenters. The molecule has 1 aliphatic heterocycles. The summed E-state index contributed by atoms with van der Waals surface area (Å²) in [6.45, 7) is 2.82. The summed E-state index contributed by atoms with van der Waals surface area (Å²) < 4.78 is 1.18. The van der Waals surface area contributed by atoms with Gasteiger partial charge in [-0.1, -0.05) is 12.1 Å². The van der Waals surface area contributed by atoms with Crippen LogP contribution in [0.15, 0.2) is 35.4 Å². The molecule has 1 aromatic carbocycles. The standard InChI is InChI=1S/C17H16N6O5/c1-10(8-21-16(25)12-5-3-4-6-13(12)17(21)26)18-19-15(24)9-22-11(2)7-14(20-22)23(27)28/h3-7H,8-9H2,1-2H3,(H,19,24). The number of aromatic nitrogens is 2. The van der Waals surface area contributed by atoms with Crippen molar-refractivity contribution < 1.29 is 19.3 Å². The van der Waals surface area contributed by atoms with Crippen LogP contribution in [0.3, 0.4) is 0 Å². The number of rotatable bonds is 6. The molecule has 0 spiro atoms. The van der Waals surface area contributed by atoms with Crippen molar-refractivity contribution in [2.75, 3.05) is 6.54 Å². The maximum atomic E-state index is 12.3. The van der Waals surface area contributed by atoms with E-state index in [1.165, 1.54) is 10.7 Å². The molecule has 1 N–H and O–H groups in total. The quantitative estimate of drug-likeness (QED) is 0.339. The Bertz CT molecular complexity index is 990. The van der Waals surface area contributed by atoms with Gasteiger partial charge >= 0.3 is 5.82 Å². The number of hydrazone groups is 1. The molecule has 11 heteroatoms. The number of carbonyl (C=O) groups excluding carboxylic acids is 3. The molecule has 0 saturated carbocycles. The number of hydrogen-bond acceptors (Lipinski definition) is 7. The van der Waals surface area contributed by atoms with Gasteiger partial charge in [-0.3, -0.25) is 19.3 Å². The van der Waals surface area contributed by atoms with Gasteiger partial charge in [0, 0.05) is 0 Å². The summed E-state index contributed by atoms with van der Waals surface area (Å²) >= 11 is 0. The first kappa shape index (κ1) is 18.9. The van der Waals surface area contributed by atoms with E-state index in [0.717, 1.165) is 4.90 Å². The second-order valence-corrected chi connectivity index (χ2v) is 6.18. The molecule has 2 aromatic rings. The number of benzene rings is 1. The van der Waals surface area contributed by atoms with E-state index in [4.69, 9.17) is 0 Å². The lowest BCUT2D eigenvalue weighted by atomic mass is 10.1. The average Bonchev–Trinajstić information content (AvgIpc) is 3.14. The number of imide groups is 1. The van der Waals surface area contributed by atoms with Crippen LogP contribution in [0.25, 0.3) is 0 Å². The maximum absolute atomic E-state index is 12.3. The molecule has 1 aliphatic rings. The fraction of sp³-hybridized carbons (Fsp3) is 0.235. The van der Waals surface area contributed by atoms with Gasteiger partial charge in [0.15, 0.2) is 0 Å². The minimum atomic E-state index is -0.647. The Morgan fingerprint density at radius 1 is 1.21 bits per heavy atom. The second kappa shape index (κ2) is 7.39. The number of amides is 3. The van der Waals surface area contributed by atoms with E-state index in [1.807, 2.05) is 0 Å². The van der Waals surface area contributed by atoms with Crippen molar-refractivity contribution in [2.24, 2.45) is 5.10 Å². The zero-order valence-electron chi connectivity index (χ0n) is 15.1. The number of aryl methyl sites for hydroxylation is 1. The minimum Gasteiger partial charge on any atom is -0.358 e. The van der Waals surface area contributed by atoms with E-state index in [2.05, 4.69) is 15.6 Å². The summed E-state index contributed by atoms with van der Waals surface area (Å²) in [5, 5.41) is 18.3. The third-order valence-electron chi connectivity index (χ3n) is 4.09. The fourth-order valence-corrected chi connectivity index (χ4v) is 2.72. The average molecular weight is 384 g/mol. The summed E-state index contributed by atoms with van der Waals surface area (Å²) in [6, 6.07) is 7.77. The van der Waals surface area contributed by atoms with Gasteiger partial charge in [0.25, 0.3) is 17.7 Å². The third-order valence-corrected chi connectivity index (χ3v) is 4.09. The summed E-state index contributed by atoms with van der Waals surface area (Å²) in [5.74, 6) is -1.74. The molecule has 0 bridgehead atoms. The first-order valence-electron chi connectivity index (χ1n) is 8.24. The van der Waals surface area contributed by atoms with Gasteiger partial charge < -0.3 is 10.1 Å². The molecule has 0 saturated heterocycles. The summed E-state index contributed by atoms with van der Waals surface area (Å²) in [6.07, 6.45) is 0. The summed E-state index contributed by atoms with van der Waals surface area (Å²) in [5.41, 5.74) is 3.75. The lowest BCUT2D eigenvalue weighted by Crippen LogP contribution is -2.35. The van der Waals surface area contributed by atoms with Gasteiger partial charge in [-0.25, -0.2) is 5.43 Å². The smallest absolute Gasteiger partial charge is 0.358 e. The van der Waals surface area contributed by atoms with Crippen molar-refractivity contribution >= 4 is 29.3 Å². The molecular formula is C17H16N6O5. The molecule has 11 nitrogen and oxygen atoms in total. The van der Waals surface area contributed by atoms with Crippen molar-refractivity contribution in [3.8, 4) is 0 Å². The number of fused-ring (bicyclic) bond motifs is 1. The van der Waals surface area contributed by atoms with Crippen LogP contribution in [0.1, 0.15) is 33.3 Å². The van der Waals surface area contributed by atoms with Crippen LogP contribution in [0.5, 0.6) is 0 Å². The Morgan fingerprint density at radius 3 is 2.36 bits per heavy atom. The number of nitro groups is 1. The van der Waals surface area contributed by atoms with Gasteiger partial charge in [-0.05, 0) is 30.9 Å². The Hall–Kier alpha value is -3.89. The topological polar surface area (TPSA) is 140 Å². The van der Waals surface area contributed by atoms with Crippen LogP contribution in [0.4, 0.5) is 5.82 Å². The van der Waals surface area contributed by atoms with Crippen molar-refractivity contribution in [2.45, 2.75) is 20.4 Å². The molecule has 0 radical (unpaired) electrons. The largest absolute Gasteiger partial charge is 0.390 e. The van der Waals surface area contributed by atoms with Gasteiger partial charge in [-0.2, -0.15) is 9.78 Å². The van der Waals surface area contributed by atoms with Crippen LogP contribution >= 0.6 is 0 Å². The van der Waals surface area contributed by atoms with Gasteiger partial charge in [0.05, 0.1) is 40.2 Å². The predicted molar refractivity (Wildman–Crippen MR) is 96.7 cm³/mol.